The molecule has 0 aliphatic heterocycles. The highest BCUT2D eigenvalue weighted by Crippen LogP contribution is 2.45. The van der Waals surface area contributed by atoms with Gasteiger partial charge in [0, 0.05) is 0 Å². The topological polar surface area (TPSA) is 26.3 Å². The summed E-state index contributed by atoms with van der Waals surface area (Å²) in [6.45, 7) is -2.15. The summed E-state index contributed by atoms with van der Waals surface area (Å²) in [6, 6.07) is 28.3. The minimum Gasteiger partial charge on any atom is -0.465 e. The molecule has 0 fully saturated rings. The standard InChI is InChI=1S/C21H18BrO2P/c1-24-21(23)19-14-8-9-15-20(19)25(16-22,17-10-4-2-5-11-17)18-12-6-3-7-13-18/h2-16H,1H3. The normalized spacial score (nSPS) is 11.0. The molecule has 126 valence electrons. The molecule has 0 spiro atoms. The van der Waals surface area contributed by atoms with Crippen molar-refractivity contribution in [2.24, 2.45) is 0 Å². The third-order valence-corrected chi connectivity index (χ3v) is 9.67. The number of esters is 1. The number of carbonyl (C=O) groups excluding carboxylic acids is 1. The van der Waals surface area contributed by atoms with E-state index in [0.717, 1.165) is 5.30 Å². The van der Waals surface area contributed by atoms with Crippen LogP contribution in [0.15, 0.2) is 84.9 Å². The van der Waals surface area contributed by atoms with Gasteiger partial charge >= 0.3 is 5.97 Å². The molecule has 0 amide bonds. The first-order valence-electron chi connectivity index (χ1n) is 7.86. The first-order valence-corrected chi connectivity index (χ1v) is 10.6. The molecule has 0 aromatic heterocycles. The number of hydrogen-bond acceptors (Lipinski definition) is 2. The molecule has 0 bridgehead atoms. The lowest BCUT2D eigenvalue weighted by Gasteiger charge is -2.29. The second-order valence-corrected chi connectivity index (χ2v) is 9.88. The van der Waals surface area contributed by atoms with Crippen molar-refractivity contribution in [2.75, 3.05) is 7.11 Å². The fourth-order valence-electron chi connectivity index (χ4n) is 2.98. The van der Waals surface area contributed by atoms with Crippen molar-refractivity contribution in [3.05, 3.63) is 90.5 Å². The summed E-state index contributed by atoms with van der Waals surface area (Å²) in [4.78, 5) is 12.4. The van der Waals surface area contributed by atoms with E-state index in [9.17, 15) is 4.79 Å². The second kappa shape index (κ2) is 7.86. The molecule has 0 heterocycles. The highest BCUT2D eigenvalue weighted by molar-refractivity contribution is 9.19. The lowest BCUT2D eigenvalue weighted by atomic mass is 10.2. The van der Waals surface area contributed by atoms with E-state index in [1.54, 1.807) is 0 Å². The number of carbonyl (C=O) groups is 1. The zero-order valence-corrected chi connectivity index (χ0v) is 16.3. The van der Waals surface area contributed by atoms with E-state index < -0.39 is 6.89 Å². The maximum Gasteiger partial charge on any atom is 0.338 e. The molecule has 0 saturated heterocycles. The van der Waals surface area contributed by atoms with Crippen LogP contribution in [0.3, 0.4) is 0 Å². The van der Waals surface area contributed by atoms with Crippen molar-refractivity contribution in [1.82, 2.24) is 0 Å². The molecule has 0 saturated carbocycles. The first-order chi connectivity index (χ1) is 12.2. The molecule has 0 aliphatic carbocycles. The Morgan fingerprint density at radius 3 is 1.80 bits per heavy atom. The highest BCUT2D eigenvalue weighted by atomic mass is 79.9. The predicted molar refractivity (Wildman–Crippen MR) is 111 cm³/mol. The van der Waals surface area contributed by atoms with Crippen LogP contribution in [-0.2, 0) is 4.74 Å². The van der Waals surface area contributed by atoms with E-state index in [1.807, 2.05) is 60.7 Å². The van der Waals surface area contributed by atoms with Crippen LogP contribution < -0.4 is 15.9 Å². The summed E-state index contributed by atoms with van der Waals surface area (Å²) in [6.07, 6.45) is 0. The van der Waals surface area contributed by atoms with Gasteiger partial charge in [0.05, 0.1) is 12.7 Å². The number of halogens is 1. The van der Waals surface area contributed by atoms with Crippen molar-refractivity contribution < 1.29 is 9.53 Å². The van der Waals surface area contributed by atoms with Gasteiger partial charge in [-0.15, -0.1) is 0 Å². The van der Waals surface area contributed by atoms with Crippen molar-refractivity contribution in [2.45, 2.75) is 0 Å². The van der Waals surface area contributed by atoms with Crippen LogP contribution in [0.2, 0.25) is 0 Å². The highest BCUT2D eigenvalue weighted by Gasteiger charge is 2.28. The van der Waals surface area contributed by atoms with Gasteiger partial charge in [-0.1, -0.05) is 94.8 Å². The average molecular weight is 413 g/mol. The Balaban J connectivity index is 2.41. The summed E-state index contributed by atoms with van der Waals surface area (Å²) < 4.78 is 7.11. The summed E-state index contributed by atoms with van der Waals surface area (Å²) in [5.41, 5.74) is 0.599. The third kappa shape index (κ3) is 3.22. The molecule has 0 atom stereocenters. The van der Waals surface area contributed by atoms with Gasteiger partial charge in [0.1, 0.15) is 0 Å². The van der Waals surface area contributed by atoms with Crippen LogP contribution in [0.5, 0.6) is 0 Å². The molecule has 0 aliphatic rings. The summed E-state index contributed by atoms with van der Waals surface area (Å²) >= 11 is 3.66. The molecular formula is C21H18BrO2P. The van der Waals surface area contributed by atoms with E-state index in [1.165, 1.54) is 17.7 Å². The van der Waals surface area contributed by atoms with Gasteiger partial charge in [-0.25, -0.2) is 4.79 Å². The summed E-state index contributed by atoms with van der Waals surface area (Å²) in [7, 11) is 1.42. The Bertz CT molecular complexity index is 877. The third-order valence-electron chi connectivity index (χ3n) is 4.16. The Labute approximate surface area is 156 Å². The average Bonchev–Trinajstić information content (AvgIpc) is 2.70. The Morgan fingerprint density at radius 1 is 0.840 bits per heavy atom. The van der Waals surface area contributed by atoms with Gasteiger partial charge in [-0.05, 0) is 33.6 Å². The van der Waals surface area contributed by atoms with Crippen LogP contribution in [0.25, 0.3) is 0 Å². The van der Waals surface area contributed by atoms with Crippen LogP contribution in [0, 0.1) is 0 Å². The maximum atomic E-state index is 12.4. The van der Waals surface area contributed by atoms with Gasteiger partial charge in [-0.2, -0.15) is 0 Å². The fraction of sp³-hybridized carbons (Fsp3) is 0.0476. The lowest BCUT2D eigenvalue weighted by Crippen LogP contribution is -2.30. The van der Waals surface area contributed by atoms with Gasteiger partial charge < -0.3 is 4.74 Å². The molecule has 0 unspecified atom stereocenters. The van der Waals surface area contributed by atoms with E-state index in [-0.39, 0.29) is 5.97 Å². The number of rotatable bonds is 4. The van der Waals surface area contributed by atoms with Crippen LogP contribution in [0.1, 0.15) is 10.4 Å². The summed E-state index contributed by atoms with van der Waals surface area (Å²) in [5.74, 6) is -0.318. The predicted octanol–water partition coefficient (Wildman–Crippen LogP) is 3.92. The van der Waals surface area contributed by atoms with Gasteiger partial charge in [0.15, 0.2) is 0 Å². The molecule has 0 radical (unpaired) electrons. The maximum absolute atomic E-state index is 12.4. The zero-order valence-electron chi connectivity index (χ0n) is 13.8. The number of ether oxygens (including phenoxy) is 1. The van der Waals surface area contributed by atoms with Crippen molar-refractivity contribution in [1.29, 1.82) is 0 Å². The number of methoxy groups -OCH3 is 1. The van der Waals surface area contributed by atoms with Crippen LogP contribution >= 0.6 is 22.8 Å². The monoisotopic (exact) mass is 412 g/mol. The molecule has 0 N–H and O–H groups in total. The molecule has 2 nitrogen and oxygen atoms in total. The SMILES string of the molecule is COC(=O)c1ccccc1P(=CBr)(c1ccccc1)c1ccccc1. The molecular weight excluding hydrogens is 395 g/mol. The van der Waals surface area contributed by atoms with Gasteiger partial charge in [0.25, 0.3) is 0 Å². The number of benzene rings is 3. The van der Waals surface area contributed by atoms with Crippen LogP contribution in [0.4, 0.5) is 0 Å². The zero-order chi connectivity index (χ0) is 17.7. The van der Waals surface area contributed by atoms with Crippen molar-refractivity contribution in [3.63, 3.8) is 0 Å². The van der Waals surface area contributed by atoms with Crippen LogP contribution in [-0.4, -0.2) is 17.8 Å². The quantitative estimate of drug-likeness (QED) is 0.479. The van der Waals surface area contributed by atoms with E-state index >= 15 is 0 Å². The minimum absolute atomic E-state index is 0.318. The van der Waals surface area contributed by atoms with E-state index in [0.29, 0.717) is 5.56 Å². The molecule has 4 heteroatoms. The van der Waals surface area contributed by atoms with E-state index in [2.05, 4.69) is 44.9 Å². The molecule has 3 rings (SSSR count). The van der Waals surface area contributed by atoms with Crippen molar-refractivity contribution >= 4 is 49.4 Å². The van der Waals surface area contributed by atoms with E-state index in [4.69, 9.17) is 4.74 Å². The second-order valence-electron chi connectivity index (χ2n) is 5.50. The lowest BCUT2D eigenvalue weighted by molar-refractivity contribution is 0.0602. The van der Waals surface area contributed by atoms with Gasteiger partial charge in [0.2, 0.25) is 0 Å². The smallest absolute Gasteiger partial charge is 0.338 e. The number of hydrogen-bond donors (Lipinski definition) is 0. The molecule has 3 aromatic carbocycles. The fourth-order valence-corrected chi connectivity index (χ4v) is 8.40. The minimum atomic E-state index is -2.15. The summed E-state index contributed by atoms with van der Waals surface area (Å²) in [5, 5.41) is 3.33. The molecule has 25 heavy (non-hydrogen) atoms. The molecule has 3 aromatic rings. The van der Waals surface area contributed by atoms with Crippen molar-refractivity contribution in [3.8, 4) is 0 Å². The Kier molecular flexibility index (Phi) is 5.57. The largest absolute Gasteiger partial charge is 0.465 e. The first kappa shape index (κ1) is 17.7. The van der Waals surface area contributed by atoms with Gasteiger partial charge in [-0.3, -0.25) is 0 Å². The Hall–Kier alpha value is -2.09. The Morgan fingerprint density at radius 2 is 1.32 bits per heavy atom.